The number of benzene rings is 2. The van der Waals surface area contributed by atoms with Crippen LogP contribution in [0.3, 0.4) is 0 Å². The Morgan fingerprint density at radius 1 is 1.12 bits per heavy atom. The van der Waals surface area contributed by atoms with Gasteiger partial charge in [-0.15, -0.1) is 0 Å². The van der Waals surface area contributed by atoms with Crippen LogP contribution >= 0.6 is 11.8 Å². The van der Waals surface area contributed by atoms with Gasteiger partial charge in [0, 0.05) is 15.9 Å². The zero-order valence-corrected chi connectivity index (χ0v) is 10.3. The summed E-state index contributed by atoms with van der Waals surface area (Å²) in [5.74, 6) is -0.442. The molecule has 0 saturated heterocycles. The molecule has 0 atom stereocenters. The summed E-state index contributed by atoms with van der Waals surface area (Å²) in [5.41, 5.74) is 1.26. The SMILES string of the molecule is CCc1ccc(Sc2ccc(O)cc2F)cc1. The summed E-state index contributed by atoms with van der Waals surface area (Å²) in [6, 6.07) is 12.3. The lowest BCUT2D eigenvalue weighted by atomic mass is 10.2. The molecule has 0 bridgehead atoms. The van der Waals surface area contributed by atoms with E-state index in [2.05, 4.69) is 6.92 Å². The van der Waals surface area contributed by atoms with Crippen molar-refractivity contribution in [3.05, 3.63) is 53.8 Å². The lowest BCUT2D eigenvalue weighted by Gasteiger charge is -2.04. The molecular weight excluding hydrogens is 235 g/mol. The Hall–Kier alpha value is -1.48. The monoisotopic (exact) mass is 248 g/mol. The highest BCUT2D eigenvalue weighted by Gasteiger charge is 2.05. The van der Waals surface area contributed by atoms with Gasteiger partial charge in [0.05, 0.1) is 0 Å². The first-order chi connectivity index (χ1) is 8.19. The van der Waals surface area contributed by atoms with Crippen LogP contribution in [0.25, 0.3) is 0 Å². The molecule has 0 amide bonds. The molecule has 0 aliphatic carbocycles. The molecule has 2 rings (SSSR count). The van der Waals surface area contributed by atoms with E-state index < -0.39 is 5.82 Å². The van der Waals surface area contributed by atoms with E-state index in [1.165, 1.54) is 23.4 Å². The van der Waals surface area contributed by atoms with Gasteiger partial charge in [0.2, 0.25) is 0 Å². The topological polar surface area (TPSA) is 20.2 Å². The third-order valence-electron chi connectivity index (χ3n) is 2.47. The summed E-state index contributed by atoms with van der Waals surface area (Å²) in [5, 5.41) is 9.12. The number of aromatic hydroxyl groups is 1. The molecule has 2 aromatic carbocycles. The van der Waals surface area contributed by atoms with Gasteiger partial charge in [-0.1, -0.05) is 30.8 Å². The number of phenols is 1. The van der Waals surface area contributed by atoms with Gasteiger partial charge in [0.1, 0.15) is 11.6 Å². The van der Waals surface area contributed by atoms with E-state index in [4.69, 9.17) is 5.11 Å². The molecule has 17 heavy (non-hydrogen) atoms. The lowest BCUT2D eigenvalue weighted by molar-refractivity contribution is 0.466. The van der Waals surface area contributed by atoms with Gasteiger partial charge in [0.25, 0.3) is 0 Å². The normalized spacial score (nSPS) is 10.5. The van der Waals surface area contributed by atoms with Gasteiger partial charge in [0.15, 0.2) is 0 Å². The molecule has 1 N–H and O–H groups in total. The quantitative estimate of drug-likeness (QED) is 0.876. The highest BCUT2D eigenvalue weighted by atomic mass is 32.2. The van der Waals surface area contributed by atoms with Crippen molar-refractivity contribution in [2.75, 3.05) is 0 Å². The van der Waals surface area contributed by atoms with Crippen LogP contribution in [0.4, 0.5) is 4.39 Å². The molecule has 0 spiro atoms. The van der Waals surface area contributed by atoms with Crippen molar-refractivity contribution in [2.24, 2.45) is 0 Å². The molecule has 0 unspecified atom stereocenters. The van der Waals surface area contributed by atoms with E-state index in [0.29, 0.717) is 4.90 Å². The summed E-state index contributed by atoms with van der Waals surface area (Å²) < 4.78 is 13.5. The number of aryl methyl sites for hydroxylation is 1. The number of hydrogen-bond acceptors (Lipinski definition) is 2. The van der Waals surface area contributed by atoms with E-state index in [-0.39, 0.29) is 5.75 Å². The predicted molar refractivity (Wildman–Crippen MR) is 68.0 cm³/mol. The van der Waals surface area contributed by atoms with Crippen LogP contribution in [0, 0.1) is 5.82 Å². The number of phenolic OH excluding ortho intramolecular Hbond substituents is 1. The summed E-state index contributed by atoms with van der Waals surface area (Å²) >= 11 is 1.36. The van der Waals surface area contributed by atoms with E-state index in [1.54, 1.807) is 6.07 Å². The highest BCUT2D eigenvalue weighted by molar-refractivity contribution is 7.99. The second kappa shape index (κ2) is 5.23. The predicted octanol–water partition coefficient (Wildman–Crippen LogP) is 4.24. The molecule has 88 valence electrons. The molecular formula is C14H13FOS. The van der Waals surface area contributed by atoms with Crippen molar-refractivity contribution < 1.29 is 9.50 Å². The summed E-state index contributed by atoms with van der Waals surface area (Å²) in [4.78, 5) is 1.51. The molecule has 0 radical (unpaired) electrons. The maximum absolute atomic E-state index is 13.5. The van der Waals surface area contributed by atoms with Crippen LogP contribution in [0.15, 0.2) is 52.3 Å². The largest absolute Gasteiger partial charge is 0.508 e. The van der Waals surface area contributed by atoms with Crippen LogP contribution in [-0.2, 0) is 6.42 Å². The number of rotatable bonds is 3. The molecule has 0 aliphatic rings. The van der Waals surface area contributed by atoms with Crippen molar-refractivity contribution in [2.45, 2.75) is 23.1 Å². The van der Waals surface area contributed by atoms with Crippen LogP contribution in [0.5, 0.6) is 5.75 Å². The maximum atomic E-state index is 13.5. The Labute approximate surface area is 104 Å². The smallest absolute Gasteiger partial charge is 0.140 e. The van der Waals surface area contributed by atoms with Gasteiger partial charge < -0.3 is 5.11 Å². The third kappa shape index (κ3) is 3.01. The van der Waals surface area contributed by atoms with Gasteiger partial charge in [-0.3, -0.25) is 0 Å². The fraction of sp³-hybridized carbons (Fsp3) is 0.143. The second-order valence-electron chi connectivity index (χ2n) is 3.71. The number of hydrogen-bond donors (Lipinski definition) is 1. The molecule has 0 saturated carbocycles. The molecule has 2 aromatic rings. The number of halogens is 1. The zero-order chi connectivity index (χ0) is 12.3. The van der Waals surface area contributed by atoms with Gasteiger partial charge in [-0.05, 0) is 36.2 Å². The standard InChI is InChI=1S/C14H13FOS/c1-2-10-3-6-12(7-4-10)17-14-8-5-11(16)9-13(14)15/h3-9,16H,2H2,1H3. The maximum Gasteiger partial charge on any atom is 0.140 e. The Morgan fingerprint density at radius 3 is 2.41 bits per heavy atom. The van der Waals surface area contributed by atoms with E-state index in [1.807, 2.05) is 24.3 Å². The Kier molecular flexibility index (Phi) is 3.69. The lowest BCUT2D eigenvalue weighted by Crippen LogP contribution is -1.82. The van der Waals surface area contributed by atoms with E-state index in [9.17, 15) is 4.39 Å². The summed E-state index contributed by atoms with van der Waals surface area (Å²) in [6.45, 7) is 2.10. The summed E-state index contributed by atoms with van der Waals surface area (Å²) in [6.07, 6.45) is 0.999. The first-order valence-corrected chi connectivity index (χ1v) is 6.26. The summed E-state index contributed by atoms with van der Waals surface area (Å²) in [7, 11) is 0. The van der Waals surface area contributed by atoms with Gasteiger partial charge in [-0.25, -0.2) is 4.39 Å². The van der Waals surface area contributed by atoms with E-state index >= 15 is 0 Å². The van der Waals surface area contributed by atoms with Gasteiger partial charge >= 0.3 is 0 Å². The molecule has 0 heterocycles. The molecule has 0 aliphatic heterocycles. The zero-order valence-electron chi connectivity index (χ0n) is 9.48. The van der Waals surface area contributed by atoms with Crippen molar-refractivity contribution in [3.8, 4) is 5.75 Å². The van der Waals surface area contributed by atoms with Crippen LogP contribution in [0.2, 0.25) is 0 Å². The van der Waals surface area contributed by atoms with Crippen molar-refractivity contribution >= 4 is 11.8 Å². The first-order valence-electron chi connectivity index (χ1n) is 5.44. The fourth-order valence-corrected chi connectivity index (χ4v) is 2.31. The second-order valence-corrected chi connectivity index (χ2v) is 4.83. The highest BCUT2D eigenvalue weighted by Crippen LogP contribution is 2.31. The molecule has 3 heteroatoms. The average Bonchev–Trinajstić information content (AvgIpc) is 2.34. The van der Waals surface area contributed by atoms with Crippen molar-refractivity contribution in [1.82, 2.24) is 0 Å². The average molecular weight is 248 g/mol. The van der Waals surface area contributed by atoms with Crippen LogP contribution < -0.4 is 0 Å². The molecule has 1 nitrogen and oxygen atoms in total. The molecule has 0 fully saturated rings. The fourth-order valence-electron chi connectivity index (χ4n) is 1.49. The van der Waals surface area contributed by atoms with Crippen LogP contribution in [0.1, 0.15) is 12.5 Å². The van der Waals surface area contributed by atoms with Crippen molar-refractivity contribution in [1.29, 1.82) is 0 Å². The minimum atomic E-state index is -0.394. The van der Waals surface area contributed by atoms with Gasteiger partial charge in [-0.2, -0.15) is 0 Å². The Balaban J connectivity index is 2.19. The minimum absolute atomic E-state index is 0.0480. The molecule has 0 aromatic heterocycles. The first kappa shape index (κ1) is 12.0. The van der Waals surface area contributed by atoms with Crippen LogP contribution in [-0.4, -0.2) is 5.11 Å². The minimum Gasteiger partial charge on any atom is -0.508 e. The Bertz CT molecular complexity index is 508. The third-order valence-corrected chi connectivity index (χ3v) is 3.53. The Morgan fingerprint density at radius 2 is 1.82 bits per heavy atom. The van der Waals surface area contributed by atoms with E-state index in [0.717, 1.165) is 17.4 Å². The van der Waals surface area contributed by atoms with Crippen molar-refractivity contribution in [3.63, 3.8) is 0 Å².